The summed E-state index contributed by atoms with van der Waals surface area (Å²) in [4.78, 5) is 71.0. The zero-order chi connectivity index (χ0) is 46.3. The second-order valence-electron chi connectivity index (χ2n) is 17.3. The Morgan fingerprint density at radius 2 is 1.56 bits per heavy atom. The van der Waals surface area contributed by atoms with Crippen molar-refractivity contribution in [3.63, 3.8) is 0 Å². The number of hydrogen-bond acceptors (Lipinski definition) is 11. The Balaban J connectivity index is 0.774. The molecule has 21 heteroatoms. The zero-order valence-corrected chi connectivity index (χ0v) is 36.4. The number of alkyl halides is 1. The third-order valence-electron chi connectivity index (χ3n) is 13.0. The van der Waals surface area contributed by atoms with Gasteiger partial charge in [-0.3, -0.25) is 29.2 Å². The number of imide groups is 1. The van der Waals surface area contributed by atoms with Crippen LogP contribution in [0.1, 0.15) is 82.7 Å². The van der Waals surface area contributed by atoms with Crippen molar-refractivity contribution < 1.29 is 45.2 Å². The minimum atomic E-state index is -4.37. The van der Waals surface area contributed by atoms with E-state index in [0.717, 1.165) is 80.4 Å². The molecule has 16 nitrogen and oxygen atoms in total. The normalized spacial score (nSPS) is 20.5. The van der Waals surface area contributed by atoms with Crippen LogP contribution in [0.25, 0.3) is 22.2 Å². The van der Waals surface area contributed by atoms with E-state index < -0.39 is 81.2 Å². The van der Waals surface area contributed by atoms with Crippen LogP contribution in [0.3, 0.4) is 0 Å². The van der Waals surface area contributed by atoms with Crippen molar-refractivity contribution in [2.24, 2.45) is 5.92 Å². The van der Waals surface area contributed by atoms with E-state index in [2.05, 4.69) is 40.4 Å². The fraction of sp³-hybridized carbons (Fsp3) is 0.400. The summed E-state index contributed by atoms with van der Waals surface area (Å²) in [5.41, 5.74) is 0.381. The maximum Gasteiger partial charge on any atom is 0.301 e. The third kappa shape index (κ3) is 9.36. The number of hydrogen-bond donors (Lipinski definition) is 4. The summed E-state index contributed by atoms with van der Waals surface area (Å²) in [6, 6.07) is 7.04. The number of carbonyl (C=O) groups excluding carboxylic acids is 4. The SMILES string of the molecule is O=C1CCC(NC(=O)c2ccc(C3CCN(CC4CCN(c5ncc(-c6cnc7[nH]cc(C(=O)c8c(F)ccc(NS(=O)(=O)N9CC[C@@H](F)C9)c8F)c7c6)cn5)CC4)CC3)cc2F)C(=O)N1. The molecule has 0 saturated carbocycles. The van der Waals surface area contributed by atoms with Gasteiger partial charge >= 0.3 is 10.2 Å². The molecule has 66 heavy (non-hydrogen) atoms. The highest BCUT2D eigenvalue weighted by Gasteiger charge is 2.34. The van der Waals surface area contributed by atoms with Gasteiger partial charge in [0.2, 0.25) is 23.5 Å². The molecule has 4 aliphatic heterocycles. The lowest BCUT2D eigenvalue weighted by atomic mass is 9.87. The number of H-pyrrole nitrogens is 1. The molecule has 4 saturated heterocycles. The first-order valence-electron chi connectivity index (χ1n) is 21.9. The standard InChI is InChI=1S/C45H46F4N10O6S/c46-30-11-16-59(24-30)66(64,65)56-36-4-3-34(47)39(40(36)49)41(61)33-22-51-42-32(33)17-28(19-50-42)29-20-52-45(53-21-29)58-14-7-25(8-15-58)23-57-12-9-26(10-13-57)27-1-2-31(35(48)18-27)43(62)54-37-5-6-38(60)55-44(37)63/h1-4,17-22,25-26,30,37,56H,5-16,23-24H2,(H,50,51)(H,54,62)(H,55,60,63)/t30-,37?/m1/s1. The van der Waals surface area contributed by atoms with E-state index in [-0.39, 0.29) is 53.9 Å². The first kappa shape index (κ1) is 44.9. The highest BCUT2D eigenvalue weighted by Crippen LogP contribution is 2.33. The summed E-state index contributed by atoms with van der Waals surface area (Å²) >= 11 is 0. The average molecular weight is 931 g/mol. The van der Waals surface area contributed by atoms with Crippen molar-refractivity contribution in [1.29, 1.82) is 0 Å². The average Bonchev–Trinajstić information content (AvgIpc) is 3.95. The summed E-state index contributed by atoms with van der Waals surface area (Å²) in [6.07, 6.45) is 8.61. The van der Waals surface area contributed by atoms with Crippen LogP contribution < -0.4 is 20.3 Å². The second-order valence-corrected chi connectivity index (χ2v) is 19.0. The van der Waals surface area contributed by atoms with E-state index in [4.69, 9.17) is 0 Å². The fourth-order valence-corrected chi connectivity index (χ4v) is 10.5. The van der Waals surface area contributed by atoms with Gasteiger partial charge in [0.15, 0.2) is 5.82 Å². The Morgan fingerprint density at radius 1 is 0.818 bits per heavy atom. The van der Waals surface area contributed by atoms with Crippen LogP contribution in [0.5, 0.6) is 0 Å². The molecule has 3 amide bonds. The number of likely N-dealkylation sites (tertiary alicyclic amines) is 1. The Morgan fingerprint density at radius 3 is 2.26 bits per heavy atom. The molecule has 0 radical (unpaired) electrons. The molecule has 5 aromatic rings. The smallest absolute Gasteiger partial charge is 0.301 e. The Bertz CT molecular complexity index is 2810. The molecule has 4 fully saturated rings. The number of rotatable bonds is 12. The zero-order valence-electron chi connectivity index (χ0n) is 35.5. The van der Waals surface area contributed by atoms with Crippen LogP contribution in [0.4, 0.5) is 29.2 Å². The molecule has 1 unspecified atom stereocenters. The van der Waals surface area contributed by atoms with Crippen molar-refractivity contribution >= 4 is 56.4 Å². The number of amides is 3. The number of pyridine rings is 1. The molecule has 0 aliphatic carbocycles. The molecule has 4 aliphatic rings. The minimum Gasteiger partial charge on any atom is -0.345 e. The molecule has 0 spiro atoms. The summed E-state index contributed by atoms with van der Waals surface area (Å²) in [6.45, 7) is 3.68. The van der Waals surface area contributed by atoms with Gasteiger partial charge in [-0.05, 0) is 99.3 Å². The molecule has 346 valence electrons. The number of ketones is 1. The van der Waals surface area contributed by atoms with Gasteiger partial charge in [0, 0.05) is 86.0 Å². The molecule has 4 N–H and O–H groups in total. The lowest BCUT2D eigenvalue weighted by Gasteiger charge is -2.37. The third-order valence-corrected chi connectivity index (χ3v) is 14.5. The number of carbonyl (C=O) groups is 4. The molecule has 2 aromatic carbocycles. The Labute approximate surface area is 376 Å². The summed E-state index contributed by atoms with van der Waals surface area (Å²) in [5, 5.41) is 4.98. The van der Waals surface area contributed by atoms with E-state index in [1.54, 1.807) is 30.7 Å². The van der Waals surface area contributed by atoms with Crippen LogP contribution in [0, 0.1) is 23.4 Å². The van der Waals surface area contributed by atoms with Crippen molar-refractivity contribution in [1.82, 2.24) is 39.8 Å². The predicted octanol–water partition coefficient (Wildman–Crippen LogP) is 5.00. The molecule has 3 aromatic heterocycles. The maximum absolute atomic E-state index is 15.7. The minimum absolute atomic E-state index is 0.0103. The first-order chi connectivity index (χ1) is 31.7. The number of aromatic nitrogens is 4. The van der Waals surface area contributed by atoms with Crippen molar-refractivity contribution in [3.05, 3.63) is 101 Å². The van der Waals surface area contributed by atoms with Crippen molar-refractivity contribution in [2.45, 2.75) is 63.1 Å². The van der Waals surface area contributed by atoms with Gasteiger partial charge < -0.3 is 20.1 Å². The van der Waals surface area contributed by atoms with Crippen LogP contribution >= 0.6 is 0 Å². The lowest BCUT2D eigenvalue weighted by molar-refractivity contribution is -0.134. The highest BCUT2D eigenvalue weighted by atomic mass is 32.2. The number of nitrogens with zero attached hydrogens (tertiary/aromatic N) is 6. The van der Waals surface area contributed by atoms with Crippen LogP contribution in [0.2, 0.25) is 0 Å². The van der Waals surface area contributed by atoms with Gasteiger partial charge in [-0.1, -0.05) is 6.07 Å². The van der Waals surface area contributed by atoms with Crippen LogP contribution in [0.15, 0.2) is 61.2 Å². The number of piperidine rings is 3. The molecule has 2 atom stereocenters. The molecular weight excluding hydrogens is 885 g/mol. The van der Waals surface area contributed by atoms with E-state index in [0.29, 0.717) is 23.0 Å². The number of nitrogens with one attached hydrogen (secondary N) is 4. The largest absolute Gasteiger partial charge is 0.345 e. The van der Waals surface area contributed by atoms with Gasteiger partial charge in [0.25, 0.3) is 5.91 Å². The predicted molar refractivity (Wildman–Crippen MR) is 234 cm³/mol. The van der Waals surface area contributed by atoms with E-state index in [1.165, 1.54) is 18.3 Å². The van der Waals surface area contributed by atoms with Crippen LogP contribution in [-0.2, 0) is 19.8 Å². The number of fused-ring (bicyclic) bond motifs is 1. The Kier molecular flexibility index (Phi) is 12.6. The Hall–Kier alpha value is -6.32. The first-order valence-corrected chi connectivity index (χ1v) is 23.3. The van der Waals surface area contributed by atoms with Crippen LogP contribution in [-0.4, -0.2) is 119 Å². The molecule has 7 heterocycles. The highest BCUT2D eigenvalue weighted by molar-refractivity contribution is 7.90. The van der Waals surface area contributed by atoms with Gasteiger partial charge in [0.05, 0.1) is 16.8 Å². The summed E-state index contributed by atoms with van der Waals surface area (Å²) in [7, 11) is -4.37. The topological polar surface area (TPSA) is 203 Å². The van der Waals surface area contributed by atoms with E-state index in [9.17, 15) is 32.0 Å². The van der Waals surface area contributed by atoms with E-state index >= 15 is 13.2 Å². The fourth-order valence-electron chi connectivity index (χ4n) is 9.23. The van der Waals surface area contributed by atoms with Gasteiger partial charge in [-0.2, -0.15) is 12.7 Å². The number of benzene rings is 2. The second kappa shape index (κ2) is 18.5. The molecule has 0 bridgehead atoms. The van der Waals surface area contributed by atoms with Gasteiger partial charge in [-0.25, -0.2) is 32.5 Å². The molecule has 9 rings (SSSR count). The quantitative estimate of drug-likeness (QED) is 0.0746. The summed E-state index contributed by atoms with van der Waals surface area (Å²) in [5.74, 6) is -4.80. The number of halogens is 4. The van der Waals surface area contributed by atoms with E-state index in [1.807, 2.05) is 4.72 Å². The molecular formula is C45H46F4N10O6S. The monoisotopic (exact) mass is 930 g/mol. The van der Waals surface area contributed by atoms with Crippen molar-refractivity contribution in [3.8, 4) is 11.1 Å². The van der Waals surface area contributed by atoms with Gasteiger partial charge in [0.1, 0.15) is 29.5 Å². The van der Waals surface area contributed by atoms with Crippen molar-refractivity contribution in [2.75, 3.05) is 55.4 Å². The number of anilines is 2. The lowest BCUT2D eigenvalue weighted by Crippen LogP contribution is -2.52. The number of aromatic amines is 1. The maximum atomic E-state index is 15.7. The van der Waals surface area contributed by atoms with Gasteiger partial charge in [-0.15, -0.1) is 0 Å². The summed E-state index contributed by atoms with van der Waals surface area (Å²) < 4.78 is 88.1.